The summed E-state index contributed by atoms with van der Waals surface area (Å²) in [6.07, 6.45) is 2.96. The van der Waals surface area contributed by atoms with Crippen molar-refractivity contribution in [3.63, 3.8) is 0 Å². The quantitative estimate of drug-likeness (QED) is 0.0366. The molecule has 10 rings (SSSR count). The van der Waals surface area contributed by atoms with E-state index in [9.17, 15) is 47.1 Å². The lowest BCUT2D eigenvalue weighted by atomic mass is 10.0. The van der Waals surface area contributed by atoms with Gasteiger partial charge in [-0.05, 0) is 92.2 Å². The maximum absolute atomic E-state index is 14.9. The highest BCUT2D eigenvalue weighted by Crippen LogP contribution is 2.32. The zero-order valence-electron chi connectivity index (χ0n) is 42.9. The van der Waals surface area contributed by atoms with Crippen LogP contribution in [-0.2, 0) is 23.9 Å². The van der Waals surface area contributed by atoms with Gasteiger partial charge in [0.05, 0.1) is 41.2 Å². The number of hydrogen-bond donors (Lipinski definition) is 5. The van der Waals surface area contributed by atoms with E-state index in [1.807, 2.05) is 41.3 Å². The van der Waals surface area contributed by atoms with Crippen LogP contribution in [0.25, 0.3) is 44.3 Å². The first-order chi connectivity index (χ1) is 37.6. The van der Waals surface area contributed by atoms with Crippen LogP contribution in [0.5, 0.6) is 0 Å². The lowest BCUT2D eigenvalue weighted by Gasteiger charge is -2.34. The van der Waals surface area contributed by atoms with Gasteiger partial charge in [-0.1, -0.05) is 36.4 Å². The molecule has 2 saturated heterocycles. The second-order valence-electron chi connectivity index (χ2n) is 17.2. The third-order valence-corrected chi connectivity index (χ3v) is 12.4. The summed E-state index contributed by atoms with van der Waals surface area (Å²) in [6, 6.07) is 28.7. The summed E-state index contributed by atoms with van der Waals surface area (Å²) in [5, 5.41) is 16.2. The van der Waals surface area contributed by atoms with Gasteiger partial charge in [0, 0.05) is 105 Å². The van der Waals surface area contributed by atoms with Crippen molar-refractivity contribution >= 4 is 92.3 Å². The Balaban J connectivity index is 0.000000204. The summed E-state index contributed by atoms with van der Waals surface area (Å²) in [7, 11) is 0. The molecule has 79 heavy (non-hydrogen) atoms. The van der Waals surface area contributed by atoms with E-state index >= 15 is 0 Å². The topological polar surface area (TPSA) is 266 Å². The number of aromatic amines is 4. The molecule has 0 radical (unpaired) electrons. The molecule has 0 bridgehead atoms. The van der Waals surface area contributed by atoms with Crippen LogP contribution in [0.3, 0.4) is 0 Å². The van der Waals surface area contributed by atoms with E-state index in [0.717, 1.165) is 44.2 Å². The van der Waals surface area contributed by atoms with E-state index in [4.69, 9.17) is 9.47 Å². The number of amides is 3. The van der Waals surface area contributed by atoms with E-state index in [1.54, 1.807) is 67.4 Å². The van der Waals surface area contributed by atoms with Crippen LogP contribution < -0.4 is 5.32 Å². The van der Waals surface area contributed by atoms with Crippen molar-refractivity contribution in [3.8, 4) is 22.5 Å². The highest BCUT2D eigenvalue weighted by Gasteiger charge is 2.31. The number of esters is 2. The summed E-state index contributed by atoms with van der Waals surface area (Å²) in [4.78, 5) is 104. The van der Waals surface area contributed by atoms with Gasteiger partial charge >= 0.3 is 11.9 Å². The Bertz CT molecular complexity index is 3450. The molecular weight excluding hydrogens is 1070 g/mol. The molecule has 412 valence electrons. The molecule has 0 saturated carbocycles. The Morgan fingerprint density at radius 3 is 1.57 bits per heavy atom. The second-order valence-corrected chi connectivity index (χ2v) is 17.5. The number of ether oxygens (including phenoxy) is 2. The molecule has 4 aromatic carbocycles. The summed E-state index contributed by atoms with van der Waals surface area (Å²) >= 11 is 4.62. The Morgan fingerprint density at radius 2 is 1.08 bits per heavy atom. The summed E-state index contributed by atoms with van der Waals surface area (Å²) in [5.41, 5.74) is 4.60. The monoisotopic (exact) mass is 1120 g/mol. The number of H-pyrrole nitrogens is 4. The molecule has 2 fully saturated rings. The summed E-state index contributed by atoms with van der Waals surface area (Å²) in [5.74, 6) is -4.26. The third-order valence-electron chi connectivity index (χ3n) is 12.2. The zero-order chi connectivity index (χ0) is 55.9. The van der Waals surface area contributed by atoms with Gasteiger partial charge in [-0.3, -0.25) is 39.0 Å². The number of nitrogens with zero attached hydrogens (tertiary/aromatic N) is 5. The number of halogens is 4. The number of fused-ring (bicyclic) bond motifs is 2. The number of rotatable bonds is 11. The maximum atomic E-state index is 14.9. The summed E-state index contributed by atoms with van der Waals surface area (Å²) < 4.78 is 38.4. The minimum Gasteiger partial charge on any atom is -0.461 e. The fourth-order valence-corrected chi connectivity index (χ4v) is 8.25. The molecule has 20 nitrogen and oxygen atoms in total. The van der Waals surface area contributed by atoms with Crippen molar-refractivity contribution in [1.82, 2.24) is 50.4 Å². The normalized spacial score (nSPS) is 12.8. The number of aromatic nitrogens is 6. The van der Waals surface area contributed by atoms with E-state index in [0.29, 0.717) is 40.0 Å². The summed E-state index contributed by atoms with van der Waals surface area (Å²) in [6.45, 7) is 9.38. The third kappa shape index (κ3) is 14.6. The van der Waals surface area contributed by atoms with Crippen LogP contribution in [0.4, 0.5) is 8.78 Å². The molecule has 2 aliphatic rings. The first kappa shape index (κ1) is 59.4. The number of carbonyl (C=O) groups is 8. The van der Waals surface area contributed by atoms with Crippen LogP contribution in [0.15, 0.2) is 116 Å². The van der Waals surface area contributed by atoms with Crippen molar-refractivity contribution in [3.05, 3.63) is 155 Å². The van der Waals surface area contributed by atoms with Gasteiger partial charge in [0.25, 0.3) is 28.7 Å². The molecule has 4 aromatic heterocycles. The molecule has 0 atom stereocenters. The van der Waals surface area contributed by atoms with Crippen molar-refractivity contribution in [2.24, 2.45) is 0 Å². The van der Waals surface area contributed by atoms with Crippen molar-refractivity contribution < 1.29 is 56.6 Å². The lowest BCUT2D eigenvalue weighted by Crippen LogP contribution is -2.52. The van der Waals surface area contributed by atoms with Gasteiger partial charge in [0.2, 0.25) is 5.78 Å². The molecule has 0 spiro atoms. The molecule has 2 aliphatic heterocycles. The second kappa shape index (κ2) is 28.0. The lowest BCUT2D eigenvalue weighted by molar-refractivity contribution is -0.130. The minimum absolute atomic E-state index is 0. The van der Waals surface area contributed by atoms with Gasteiger partial charge in [-0.15, -0.1) is 12.4 Å². The SMILES string of the molecule is CC(=O)C(=O)Cl.CCOC(=O)c1cc(-c2ccc(F)c3c(C(=O)C(=O)N4CCN(C(=O)c5ccccc5)CC4)c[nH]c23)n[nH]1.CCOC(=O)c1cc(-c2ccc(F)c3cc[nH]c23)n[nH]1.Cl.O=C(c1ccccc1)N1CCNCC1. The fraction of sp³-hybridized carbons (Fsp3) is 0.236. The number of hydrogen-bond acceptors (Lipinski definition) is 13. The van der Waals surface area contributed by atoms with Crippen molar-refractivity contribution in [2.75, 3.05) is 65.6 Å². The standard InChI is InChI=1S/C27H24FN5O5.C14H12FN3O2.C11H14N2O.C3H3ClO2.ClH/c1-2-38-27(37)21-14-20(30-31-21)17-8-9-19(28)22-18(15-29-23(17)22)24(34)26(36)33-12-10-32(11-13-33)25(35)16-6-4-3-5-7-16;1-2-20-14(19)12-7-11(17-18-12)9-3-4-10(15)8-5-6-16-13(8)9;14-11(10-4-2-1-3-5-10)13-8-6-12-7-9-13;1-2(5)3(4)6;/h3-9,14-15,29H,2,10-13H2,1H3,(H,30,31);3-7,16H,2H2,1H3,(H,17,18);1-5,12H,6-9H2;1H3;1H. The van der Waals surface area contributed by atoms with Crippen molar-refractivity contribution in [1.29, 1.82) is 0 Å². The molecule has 0 aliphatic carbocycles. The number of carbonyl (C=O) groups excluding carboxylic acids is 8. The molecular formula is C55H54Cl2F2N10O10. The fourth-order valence-electron chi connectivity index (χ4n) is 8.25. The Morgan fingerprint density at radius 1 is 0.608 bits per heavy atom. The number of Topliss-reactive ketones (excluding diaryl/α,β-unsaturated/α-hetero) is 2. The predicted molar refractivity (Wildman–Crippen MR) is 291 cm³/mol. The average Bonchev–Trinajstić information content (AvgIpc) is 4.39. The highest BCUT2D eigenvalue weighted by molar-refractivity contribution is 6.80. The Labute approximate surface area is 461 Å². The smallest absolute Gasteiger partial charge is 0.356 e. The van der Waals surface area contributed by atoms with Crippen LogP contribution >= 0.6 is 24.0 Å². The van der Waals surface area contributed by atoms with Crippen molar-refractivity contribution in [2.45, 2.75) is 20.8 Å². The van der Waals surface area contributed by atoms with Gasteiger partial charge in [-0.2, -0.15) is 10.2 Å². The van der Waals surface area contributed by atoms with Gasteiger partial charge in [0.1, 0.15) is 23.0 Å². The van der Waals surface area contributed by atoms with Gasteiger partial charge in [-0.25, -0.2) is 18.4 Å². The molecule has 0 unspecified atom stereocenters. The van der Waals surface area contributed by atoms with E-state index in [-0.39, 0.29) is 90.7 Å². The molecule has 3 amide bonds. The first-order valence-corrected chi connectivity index (χ1v) is 24.9. The van der Waals surface area contributed by atoms with E-state index in [2.05, 4.69) is 47.3 Å². The van der Waals surface area contributed by atoms with Crippen LogP contribution in [0, 0.1) is 11.6 Å². The minimum atomic E-state index is -0.907. The Kier molecular flexibility index (Phi) is 21.0. The number of benzene rings is 4. The number of ketones is 2. The first-order valence-electron chi connectivity index (χ1n) is 24.6. The molecule has 5 N–H and O–H groups in total. The van der Waals surface area contributed by atoms with Gasteiger partial charge < -0.3 is 39.5 Å². The molecule has 24 heteroatoms. The van der Waals surface area contributed by atoms with Crippen LogP contribution in [0.1, 0.15) is 72.8 Å². The molecule has 6 heterocycles. The Hall–Kier alpha value is -8.86. The van der Waals surface area contributed by atoms with E-state index < -0.39 is 40.5 Å². The maximum Gasteiger partial charge on any atom is 0.356 e. The molecule has 8 aromatic rings. The van der Waals surface area contributed by atoms with Crippen LogP contribution in [-0.4, -0.2) is 157 Å². The number of piperazine rings is 2. The predicted octanol–water partition coefficient (Wildman–Crippen LogP) is 7.41. The van der Waals surface area contributed by atoms with Gasteiger partial charge in [0.15, 0.2) is 0 Å². The highest BCUT2D eigenvalue weighted by atomic mass is 35.5. The zero-order valence-corrected chi connectivity index (χ0v) is 44.5. The van der Waals surface area contributed by atoms with E-state index in [1.165, 1.54) is 35.4 Å². The van der Waals surface area contributed by atoms with Crippen LogP contribution in [0.2, 0.25) is 0 Å². The largest absolute Gasteiger partial charge is 0.461 e. The average molecular weight is 1120 g/mol. The number of nitrogens with one attached hydrogen (secondary N) is 5.